The van der Waals surface area contributed by atoms with Crippen LogP contribution in [0, 0.1) is 0 Å². The van der Waals surface area contributed by atoms with E-state index in [0.717, 1.165) is 56.3 Å². The van der Waals surface area contributed by atoms with E-state index < -0.39 is 28.9 Å². The van der Waals surface area contributed by atoms with Crippen LogP contribution in [-0.4, -0.2) is 31.3 Å². The highest BCUT2D eigenvalue weighted by atomic mass is 19.4. The van der Waals surface area contributed by atoms with Crippen molar-refractivity contribution in [3.05, 3.63) is 180 Å². The van der Waals surface area contributed by atoms with Crippen LogP contribution in [0.3, 0.4) is 0 Å². The van der Waals surface area contributed by atoms with Crippen molar-refractivity contribution in [3.63, 3.8) is 0 Å². The Morgan fingerprint density at radius 1 is 0.507 bits per heavy atom. The molecule has 0 fully saturated rings. The molecule has 0 radical (unpaired) electrons. The molecule has 0 amide bonds. The Hall–Kier alpha value is -6.99. The number of benzene rings is 8. The van der Waals surface area contributed by atoms with Crippen LogP contribution in [0.1, 0.15) is 81.8 Å². The topological polar surface area (TPSA) is 52.6 Å². The summed E-state index contributed by atoms with van der Waals surface area (Å²) in [5.41, 5.74) is 6.06. The van der Waals surface area contributed by atoms with Crippen molar-refractivity contribution in [2.75, 3.05) is 13.2 Å². The summed E-state index contributed by atoms with van der Waals surface area (Å²) in [6.45, 7) is 20.8. The van der Waals surface area contributed by atoms with Crippen molar-refractivity contribution in [1.29, 1.82) is 0 Å². The van der Waals surface area contributed by atoms with Gasteiger partial charge in [0.15, 0.2) is 0 Å². The first-order valence-electron chi connectivity index (χ1n) is 22.7. The second-order valence-electron chi connectivity index (χ2n) is 20.6. The Labute approximate surface area is 389 Å². The van der Waals surface area contributed by atoms with Crippen LogP contribution in [0.15, 0.2) is 147 Å². The van der Waals surface area contributed by atoms with Gasteiger partial charge in [-0.05, 0) is 146 Å². The fraction of sp³-hybridized carbons (Fsp3) is 0.233. The highest BCUT2D eigenvalue weighted by molar-refractivity contribution is 6.25. The van der Waals surface area contributed by atoms with Crippen molar-refractivity contribution in [2.24, 2.45) is 0 Å². The molecule has 10 rings (SSSR count). The van der Waals surface area contributed by atoms with Crippen LogP contribution in [0.2, 0.25) is 0 Å². The summed E-state index contributed by atoms with van der Waals surface area (Å²) in [4.78, 5) is 25.9. The molecule has 0 N–H and O–H groups in total. The average molecular weight is 893 g/mol. The fourth-order valence-electron chi connectivity index (χ4n) is 10.7. The average Bonchev–Trinajstić information content (AvgIpc) is 3.73. The van der Waals surface area contributed by atoms with Gasteiger partial charge in [-0.15, -0.1) is 0 Å². The smallest absolute Gasteiger partial charge is 0.402 e. The normalized spacial score (nSPS) is 16.1. The molecule has 4 nitrogen and oxygen atoms in total. The number of ether oxygens (including phenoxy) is 2. The van der Waals surface area contributed by atoms with E-state index in [9.17, 15) is 9.59 Å². The molecule has 8 aromatic rings. The highest BCUT2D eigenvalue weighted by Gasteiger charge is 2.58. The number of hydrogen-bond donors (Lipinski definition) is 0. The van der Waals surface area contributed by atoms with Gasteiger partial charge in [0.2, 0.25) is 0 Å². The maximum Gasteiger partial charge on any atom is 0.402 e. The summed E-state index contributed by atoms with van der Waals surface area (Å²) in [6.07, 6.45) is -2.41. The number of fused-ring (bicyclic) bond motifs is 6. The Bertz CT molecular complexity index is 3370. The molecule has 67 heavy (non-hydrogen) atoms. The van der Waals surface area contributed by atoms with Crippen molar-refractivity contribution in [3.8, 4) is 44.5 Å². The third-order valence-corrected chi connectivity index (χ3v) is 14.6. The molecule has 8 aromatic carbocycles. The number of carbonyl (C=O) groups is 2. The summed E-state index contributed by atoms with van der Waals surface area (Å²) in [5, 5.41) is 6.93. The lowest BCUT2D eigenvalue weighted by Crippen LogP contribution is -2.39. The van der Waals surface area contributed by atoms with Gasteiger partial charge in [0.05, 0.1) is 5.41 Å². The SMILES string of the molecule is C=CC(=O)OCC1(COC(=O)C=C)c2cc(-c3ccc4c(c3)C(C)(C(F)(F)F)c3cc(C(C)(C)C)ccc3-4)ccc2-c2ccc(-c3ccc4ccc5cc(C(C)(C)C)cc6ccc3c4c56)cc21. The van der Waals surface area contributed by atoms with E-state index in [1.54, 1.807) is 18.2 Å². The summed E-state index contributed by atoms with van der Waals surface area (Å²) in [7, 11) is 0. The first-order valence-corrected chi connectivity index (χ1v) is 22.7. The zero-order valence-corrected chi connectivity index (χ0v) is 38.8. The number of hydrogen-bond acceptors (Lipinski definition) is 4. The van der Waals surface area contributed by atoms with E-state index in [-0.39, 0.29) is 35.2 Å². The predicted molar refractivity (Wildman–Crippen MR) is 265 cm³/mol. The Balaban J connectivity index is 1.15. The van der Waals surface area contributed by atoms with E-state index in [0.29, 0.717) is 27.8 Å². The van der Waals surface area contributed by atoms with Crippen LogP contribution in [0.5, 0.6) is 0 Å². The summed E-state index contributed by atoms with van der Waals surface area (Å²) in [5.74, 6) is -1.31. The van der Waals surface area contributed by atoms with Gasteiger partial charge in [0.1, 0.15) is 18.6 Å². The molecule has 0 spiro atoms. The first-order chi connectivity index (χ1) is 31.7. The van der Waals surface area contributed by atoms with E-state index in [1.807, 2.05) is 57.2 Å². The molecule has 0 bridgehead atoms. The largest absolute Gasteiger partial charge is 0.461 e. The molecule has 0 aromatic heterocycles. The molecular weight excluding hydrogens is 842 g/mol. The van der Waals surface area contributed by atoms with Crippen LogP contribution in [-0.2, 0) is 40.7 Å². The molecule has 0 saturated carbocycles. The van der Waals surface area contributed by atoms with Crippen LogP contribution in [0.25, 0.3) is 76.8 Å². The molecule has 2 aliphatic rings. The first kappa shape index (κ1) is 43.9. The Morgan fingerprint density at radius 2 is 0.940 bits per heavy atom. The molecule has 336 valence electrons. The van der Waals surface area contributed by atoms with Crippen molar-refractivity contribution >= 4 is 44.3 Å². The highest BCUT2D eigenvalue weighted by Crippen LogP contribution is 2.58. The predicted octanol–water partition coefficient (Wildman–Crippen LogP) is 15.1. The minimum Gasteiger partial charge on any atom is -0.461 e. The summed E-state index contributed by atoms with van der Waals surface area (Å²) in [6, 6.07) is 40.4. The van der Waals surface area contributed by atoms with Crippen LogP contribution >= 0.6 is 0 Å². The zero-order chi connectivity index (χ0) is 47.6. The molecule has 1 atom stereocenters. The van der Waals surface area contributed by atoms with Gasteiger partial charge in [0.25, 0.3) is 0 Å². The van der Waals surface area contributed by atoms with Crippen LogP contribution < -0.4 is 0 Å². The van der Waals surface area contributed by atoms with Crippen molar-refractivity contribution < 1.29 is 32.2 Å². The van der Waals surface area contributed by atoms with Gasteiger partial charge in [-0.25, -0.2) is 9.59 Å². The third kappa shape index (κ3) is 6.71. The molecule has 7 heteroatoms. The summed E-state index contributed by atoms with van der Waals surface area (Å²) < 4.78 is 58.5. The second-order valence-corrected chi connectivity index (χ2v) is 20.6. The van der Waals surface area contributed by atoms with Crippen molar-refractivity contribution in [1.82, 2.24) is 0 Å². The monoisotopic (exact) mass is 892 g/mol. The minimum atomic E-state index is -4.59. The lowest BCUT2D eigenvalue weighted by Gasteiger charge is -2.32. The van der Waals surface area contributed by atoms with Gasteiger partial charge >= 0.3 is 18.1 Å². The van der Waals surface area contributed by atoms with Crippen molar-refractivity contribution in [2.45, 2.75) is 76.3 Å². The van der Waals surface area contributed by atoms with E-state index in [4.69, 9.17) is 9.47 Å². The van der Waals surface area contributed by atoms with Gasteiger partial charge in [-0.3, -0.25) is 0 Å². The lowest BCUT2D eigenvalue weighted by atomic mass is 9.76. The lowest BCUT2D eigenvalue weighted by molar-refractivity contribution is -0.172. The molecule has 1 unspecified atom stereocenters. The number of halogens is 3. The quantitative estimate of drug-likeness (QED) is 0.0866. The fourth-order valence-corrected chi connectivity index (χ4v) is 10.7. The second kappa shape index (κ2) is 15.0. The standard InChI is InChI=1S/C60H51F3O4/c1-10-52(64)66-32-59(33-67-53(65)11-2)50-29-36(35-15-21-43-44-25-19-40(56(3,4)5)31-49(44)58(9,48(43)28-35)60(61,62)63)16-22-45(50)46-23-17-37(30-51(46)59)42-20-14-34-12-13-38-26-41(57(6,7)8)27-39-18-24-47(42)55(34)54(38)39/h10-31H,1-2,32-33H2,3-9H3. The molecular formula is C60H51F3O4. The number of esters is 2. The van der Waals surface area contributed by atoms with Gasteiger partial charge in [0, 0.05) is 12.2 Å². The van der Waals surface area contributed by atoms with Gasteiger partial charge in [-0.1, -0.05) is 158 Å². The molecule has 0 heterocycles. The molecule has 0 saturated heterocycles. The van der Waals surface area contributed by atoms with Crippen LogP contribution in [0.4, 0.5) is 13.2 Å². The molecule has 2 aliphatic carbocycles. The number of alkyl halides is 3. The maximum atomic E-state index is 15.6. The van der Waals surface area contributed by atoms with E-state index in [2.05, 4.69) is 101 Å². The minimum absolute atomic E-state index is 0.0239. The Kier molecular flexibility index (Phi) is 9.83. The number of rotatable bonds is 8. The zero-order valence-electron chi connectivity index (χ0n) is 38.8. The van der Waals surface area contributed by atoms with Gasteiger partial charge < -0.3 is 9.47 Å². The molecule has 0 aliphatic heterocycles. The third-order valence-electron chi connectivity index (χ3n) is 14.6. The van der Waals surface area contributed by atoms with Gasteiger partial charge in [-0.2, -0.15) is 13.2 Å². The number of carbonyl (C=O) groups excluding carboxylic acids is 2. The Morgan fingerprint density at radius 3 is 1.48 bits per heavy atom. The maximum absolute atomic E-state index is 15.6. The summed E-state index contributed by atoms with van der Waals surface area (Å²) >= 11 is 0. The van der Waals surface area contributed by atoms with E-state index in [1.165, 1.54) is 34.0 Å². The van der Waals surface area contributed by atoms with E-state index >= 15 is 13.2 Å².